The molecule has 2 heteroatoms. The van der Waals surface area contributed by atoms with Gasteiger partial charge in [0.2, 0.25) is 0 Å². The molecule has 2 rings (SSSR count). The molecular weight excluding hydrogens is 236 g/mol. The highest BCUT2D eigenvalue weighted by Gasteiger charge is 2.05. The first-order chi connectivity index (χ1) is 9.29. The van der Waals surface area contributed by atoms with Crippen LogP contribution in [0.4, 0.5) is 0 Å². The molecule has 0 amide bonds. The molecular formula is C17H16O2. The van der Waals surface area contributed by atoms with E-state index in [9.17, 15) is 4.79 Å². The van der Waals surface area contributed by atoms with Crippen molar-refractivity contribution in [3.8, 4) is 0 Å². The lowest BCUT2D eigenvalue weighted by molar-refractivity contribution is -0.139. The predicted octanol–water partition coefficient (Wildman–Crippen LogP) is 3.57. The van der Waals surface area contributed by atoms with E-state index in [0.717, 1.165) is 16.7 Å². The molecule has 0 N–H and O–H groups in total. The fraction of sp³-hybridized carbons (Fsp3) is 0.118. The Morgan fingerprint density at radius 3 is 2.42 bits per heavy atom. The molecule has 0 spiro atoms. The van der Waals surface area contributed by atoms with E-state index in [0.29, 0.717) is 6.42 Å². The maximum absolute atomic E-state index is 11.4. The summed E-state index contributed by atoms with van der Waals surface area (Å²) in [6, 6.07) is 17.9. The van der Waals surface area contributed by atoms with Crippen LogP contribution in [-0.4, -0.2) is 13.1 Å². The molecule has 0 heterocycles. The summed E-state index contributed by atoms with van der Waals surface area (Å²) in [5, 5.41) is 0. The van der Waals surface area contributed by atoms with Gasteiger partial charge in [-0.1, -0.05) is 66.7 Å². The van der Waals surface area contributed by atoms with Crippen molar-refractivity contribution in [3.63, 3.8) is 0 Å². The van der Waals surface area contributed by atoms with Crippen molar-refractivity contribution in [3.05, 3.63) is 71.3 Å². The van der Waals surface area contributed by atoms with Crippen LogP contribution in [0.1, 0.15) is 16.7 Å². The minimum absolute atomic E-state index is 0.222. The van der Waals surface area contributed by atoms with Crippen molar-refractivity contribution in [1.82, 2.24) is 0 Å². The highest BCUT2D eigenvalue weighted by Crippen LogP contribution is 2.14. The molecule has 0 radical (unpaired) electrons. The molecule has 0 unspecified atom stereocenters. The Labute approximate surface area is 113 Å². The third kappa shape index (κ3) is 3.81. The van der Waals surface area contributed by atoms with Crippen LogP contribution in [0.15, 0.2) is 54.6 Å². The molecule has 2 nitrogen and oxygen atoms in total. The SMILES string of the molecule is COC(=O)Cc1ccccc1C=Cc1ccccc1. The van der Waals surface area contributed by atoms with Gasteiger partial charge in [0.25, 0.3) is 0 Å². The molecule has 0 aromatic heterocycles. The number of ether oxygens (including phenoxy) is 1. The number of hydrogen-bond donors (Lipinski definition) is 0. The highest BCUT2D eigenvalue weighted by atomic mass is 16.5. The Balaban J connectivity index is 2.20. The van der Waals surface area contributed by atoms with Gasteiger partial charge in [-0.2, -0.15) is 0 Å². The average molecular weight is 252 g/mol. The molecule has 0 fully saturated rings. The summed E-state index contributed by atoms with van der Waals surface area (Å²) in [6.07, 6.45) is 4.36. The van der Waals surface area contributed by atoms with Crippen LogP contribution in [0.2, 0.25) is 0 Å². The maximum Gasteiger partial charge on any atom is 0.309 e. The second kappa shape index (κ2) is 6.55. The smallest absolute Gasteiger partial charge is 0.309 e. The van der Waals surface area contributed by atoms with Crippen molar-refractivity contribution in [2.45, 2.75) is 6.42 Å². The van der Waals surface area contributed by atoms with Gasteiger partial charge in [-0.15, -0.1) is 0 Å². The normalized spacial score (nSPS) is 10.6. The standard InChI is InChI=1S/C17H16O2/c1-19-17(18)13-16-10-6-5-9-15(16)12-11-14-7-3-2-4-8-14/h2-12H,13H2,1H3. The van der Waals surface area contributed by atoms with E-state index in [1.807, 2.05) is 66.7 Å². The predicted molar refractivity (Wildman–Crippen MR) is 77.5 cm³/mol. The van der Waals surface area contributed by atoms with Crippen molar-refractivity contribution in [1.29, 1.82) is 0 Å². The van der Waals surface area contributed by atoms with Gasteiger partial charge in [-0.25, -0.2) is 0 Å². The number of benzene rings is 2. The van der Waals surface area contributed by atoms with Gasteiger partial charge in [0.05, 0.1) is 13.5 Å². The van der Waals surface area contributed by atoms with Gasteiger partial charge in [0.1, 0.15) is 0 Å². The van der Waals surface area contributed by atoms with E-state index in [1.54, 1.807) is 0 Å². The molecule has 0 aliphatic carbocycles. The fourth-order valence-corrected chi connectivity index (χ4v) is 1.84. The van der Waals surface area contributed by atoms with Crippen molar-refractivity contribution < 1.29 is 9.53 Å². The van der Waals surface area contributed by atoms with Crippen LogP contribution in [0.5, 0.6) is 0 Å². The van der Waals surface area contributed by atoms with Crippen LogP contribution >= 0.6 is 0 Å². The van der Waals surface area contributed by atoms with Gasteiger partial charge in [0.15, 0.2) is 0 Å². The second-order valence-electron chi connectivity index (χ2n) is 4.20. The van der Waals surface area contributed by atoms with Crippen molar-refractivity contribution in [2.75, 3.05) is 7.11 Å². The highest BCUT2D eigenvalue weighted by molar-refractivity contribution is 5.77. The van der Waals surface area contributed by atoms with Gasteiger partial charge in [-0.3, -0.25) is 4.79 Å². The summed E-state index contributed by atoms with van der Waals surface area (Å²) in [5.41, 5.74) is 3.15. The molecule has 0 saturated carbocycles. The number of hydrogen-bond acceptors (Lipinski definition) is 2. The molecule has 0 bridgehead atoms. The van der Waals surface area contributed by atoms with E-state index in [-0.39, 0.29) is 5.97 Å². The lowest BCUT2D eigenvalue weighted by Crippen LogP contribution is -2.05. The molecule has 0 atom stereocenters. The van der Waals surface area contributed by atoms with Crippen LogP contribution in [0, 0.1) is 0 Å². The molecule has 0 aliphatic heterocycles. The first kappa shape index (κ1) is 13.1. The Morgan fingerprint density at radius 1 is 1.00 bits per heavy atom. The Morgan fingerprint density at radius 2 is 1.68 bits per heavy atom. The van der Waals surface area contributed by atoms with Gasteiger partial charge >= 0.3 is 5.97 Å². The quantitative estimate of drug-likeness (QED) is 0.614. The summed E-state index contributed by atoms with van der Waals surface area (Å²) in [5.74, 6) is -0.222. The lowest BCUT2D eigenvalue weighted by Gasteiger charge is -2.04. The number of rotatable bonds is 4. The Hall–Kier alpha value is -2.35. The monoisotopic (exact) mass is 252 g/mol. The van der Waals surface area contributed by atoms with Gasteiger partial charge < -0.3 is 4.74 Å². The van der Waals surface area contributed by atoms with Crippen molar-refractivity contribution in [2.24, 2.45) is 0 Å². The minimum atomic E-state index is -0.222. The van der Waals surface area contributed by atoms with Crippen LogP contribution in [-0.2, 0) is 16.0 Å². The summed E-state index contributed by atoms with van der Waals surface area (Å²) >= 11 is 0. The minimum Gasteiger partial charge on any atom is -0.469 e. The number of methoxy groups -OCH3 is 1. The molecule has 19 heavy (non-hydrogen) atoms. The fourth-order valence-electron chi connectivity index (χ4n) is 1.84. The van der Waals surface area contributed by atoms with Gasteiger partial charge in [0, 0.05) is 0 Å². The second-order valence-corrected chi connectivity index (χ2v) is 4.20. The zero-order valence-electron chi connectivity index (χ0n) is 10.9. The number of esters is 1. The van der Waals surface area contributed by atoms with Crippen LogP contribution in [0.3, 0.4) is 0 Å². The third-order valence-corrected chi connectivity index (χ3v) is 2.87. The number of carbonyl (C=O) groups is 1. The first-order valence-electron chi connectivity index (χ1n) is 6.17. The topological polar surface area (TPSA) is 26.3 Å². The molecule has 0 aliphatic rings. The molecule has 2 aromatic rings. The molecule has 0 saturated heterocycles. The van der Waals surface area contributed by atoms with Crippen LogP contribution in [0.25, 0.3) is 12.2 Å². The molecule has 96 valence electrons. The van der Waals surface area contributed by atoms with Crippen LogP contribution < -0.4 is 0 Å². The average Bonchev–Trinajstić information content (AvgIpc) is 2.47. The van der Waals surface area contributed by atoms with E-state index in [2.05, 4.69) is 0 Å². The van der Waals surface area contributed by atoms with E-state index < -0.39 is 0 Å². The van der Waals surface area contributed by atoms with Gasteiger partial charge in [-0.05, 0) is 16.7 Å². The Bertz CT molecular complexity index is 571. The zero-order valence-corrected chi connectivity index (χ0v) is 10.9. The summed E-state index contributed by atoms with van der Waals surface area (Å²) in [6.45, 7) is 0. The van der Waals surface area contributed by atoms with Crippen molar-refractivity contribution >= 4 is 18.1 Å². The van der Waals surface area contributed by atoms with E-state index in [1.165, 1.54) is 7.11 Å². The maximum atomic E-state index is 11.4. The summed E-state index contributed by atoms with van der Waals surface area (Å²) in [4.78, 5) is 11.4. The number of carbonyl (C=O) groups excluding carboxylic acids is 1. The zero-order chi connectivity index (χ0) is 13.5. The summed E-state index contributed by atoms with van der Waals surface area (Å²) < 4.78 is 4.71. The first-order valence-corrected chi connectivity index (χ1v) is 6.17. The Kier molecular flexibility index (Phi) is 4.51. The van der Waals surface area contributed by atoms with E-state index in [4.69, 9.17) is 4.74 Å². The lowest BCUT2D eigenvalue weighted by atomic mass is 10.0. The third-order valence-electron chi connectivity index (χ3n) is 2.87. The summed E-state index contributed by atoms with van der Waals surface area (Å²) in [7, 11) is 1.41. The molecule has 2 aromatic carbocycles. The van der Waals surface area contributed by atoms with E-state index >= 15 is 0 Å². The largest absolute Gasteiger partial charge is 0.469 e.